The van der Waals surface area contributed by atoms with E-state index in [2.05, 4.69) is 120 Å². The molecule has 0 bridgehead atoms. The summed E-state index contributed by atoms with van der Waals surface area (Å²) in [4.78, 5) is 5.16. The summed E-state index contributed by atoms with van der Waals surface area (Å²) >= 11 is 0. The van der Waals surface area contributed by atoms with Crippen LogP contribution in [-0.4, -0.2) is 29.3 Å². The molecule has 0 spiro atoms. The molecule has 0 amide bonds. The molecule has 2 aliphatic heterocycles. The van der Waals surface area contributed by atoms with E-state index in [0.29, 0.717) is 6.61 Å². The lowest BCUT2D eigenvalue weighted by molar-refractivity contribution is 0.271. The van der Waals surface area contributed by atoms with Crippen molar-refractivity contribution in [2.75, 3.05) is 6.61 Å². The van der Waals surface area contributed by atoms with E-state index in [4.69, 9.17) is 9.73 Å². The van der Waals surface area contributed by atoms with Crippen LogP contribution >= 0.6 is 8.07 Å². The summed E-state index contributed by atoms with van der Waals surface area (Å²) in [6.07, 6.45) is 1.84. The van der Waals surface area contributed by atoms with Crippen LogP contribution in [0.5, 0.6) is 0 Å². The van der Waals surface area contributed by atoms with Gasteiger partial charge in [-0.25, -0.2) is 4.99 Å². The molecular formula is C31H29N2OP. The summed E-state index contributed by atoms with van der Waals surface area (Å²) < 4.78 is 9.02. The minimum Gasteiger partial charge on any atom is -0.478 e. The van der Waals surface area contributed by atoms with E-state index >= 15 is 0 Å². The van der Waals surface area contributed by atoms with E-state index in [0.717, 1.165) is 25.3 Å². The van der Waals surface area contributed by atoms with Gasteiger partial charge in [-0.05, 0) is 40.1 Å². The molecule has 2 atom stereocenters. The summed E-state index contributed by atoms with van der Waals surface area (Å²) in [5.41, 5.74) is 4.12. The van der Waals surface area contributed by atoms with Crippen molar-refractivity contribution in [2.24, 2.45) is 4.99 Å². The van der Waals surface area contributed by atoms with Gasteiger partial charge in [0, 0.05) is 14.6 Å². The summed E-state index contributed by atoms with van der Waals surface area (Å²) in [6.45, 7) is 1.55. The molecule has 2 aliphatic rings. The molecule has 4 aromatic carbocycles. The van der Waals surface area contributed by atoms with Crippen LogP contribution in [0.1, 0.15) is 16.7 Å². The first-order chi connectivity index (χ1) is 17.3. The van der Waals surface area contributed by atoms with E-state index in [1.54, 1.807) is 0 Å². The average molecular weight is 477 g/mol. The fraction of sp³-hybridized carbons (Fsp3) is 0.194. The van der Waals surface area contributed by atoms with Gasteiger partial charge in [0.25, 0.3) is 0 Å². The summed E-state index contributed by atoms with van der Waals surface area (Å²) in [7, 11) is -0.739. The van der Waals surface area contributed by atoms with Crippen molar-refractivity contribution in [3.05, 3.63) is 132 Å². The molecule has 0 saturated carbocycles. The Labute approximate surface area is 208 Å². The Bertz CT molecular complexity index is 1250. The number of ether oxygens (including phenoxy) is 1. The largest absolute Gasteiger partial charge is 0.478 e. The third-order valence-electron chi connectivity index (χ3n) is 6.81. The topological polar surface area (TPSA) is 24.8 Å². The van der Waals surface area contributed by atoms with Crippen molar-refractivity contribution >= 4 is 24.6 Å². The second-order valence-corrected chi connectivity index (χ2v) is 11.4. The highest BCUT2D eigenvalue weighted by Gasteiger charge is 2.39. The zero-order valence-corrected chi connectivity index (χ0v) is 20.6. The number of hydrogen-bond acceptors (Lipinski definition) is 3. The smallest absolute Gasteiger partial charge is 0.202 e. The molecule has 0 saturated heterocycles. The highest BCUT2D eigenvalue weighted by atomic mass is 31.1. The highest BCUT2D eigenvalue weighted by Crippen LogP contribution is 2.45. The Morgan fingerprint density at radius 1 is 0.714 bits per heavy atom. The summed E-state index contributed by atoms with van der Waals surface area (Å²) in [5.74, 6) is 0.903. The molecule has 4 aromatic rings. The number of hydrogen-bond donors (Lipinski definition) is 0. The van der Waals surface area contributed by atoms with Crippen LogP contribution in [0.2, 0.25) is 0 Å². The summed E-state index contributed by atoms with van der Waals surface area (Å²) in [6, 6.07) is 41.7. The summed E-state index contributed by atoms with van der Waals surface area (Å²) in [5, 5.41) is 2.72. The lowest BCUT2D eigenvalue weighted by Crippen LogP contribution is -2.45. The zero-order chi connectivity index (χ0) is 23.5. The molecular weight excluding hydrogens is 447 g/mol. The number of nitrogens with zero attached hydrogens (tertiary/aromatic N) is 2. The van der Waals surface area contributed by atoms with Crippen LogP contribution in [0.25, 0.3) is 0 Å². The Kier molecular flexibility index (Phi) is 6.45. The van der Waals surface area contributed by atoms with Crippen molar-refractivity contribution in [1.29, 1.82) is 0 Å². The molecule has 0 aliphatic carbocycles. The van der Waals surface area contributed by atoms with Gasteiger partial charge in [-0.2, -0.15) is 0 Å². The van der Waals surface area contributed by atoms with Crippen LogP contribution in [0.15, 0.2) is 120 Å². The van der Waals surface area contributed by atoms with E-state index in [1.165, 1.54) is 27.3 Å². The Balaban J connectivity index is 1.39. The number of aliphatic imine (C=N–C) groups is 1. The van der Waals surface area contributed by atoms with Crippen molar-refractivity contribution < 1.29 is 4.74 Å². The molecule has 0 radical (unpaired) electrons. The first-order valence-electron chi connectivity index (χ1n) is 12.3. The number of benzene rings is 4. The Morgan fingerprint density at radius 2 is 1.29 bits per heavy atom. The van der Waals surface area contributed by atoms with Gasteiger partial charge in [0.2, 0.25) is 5.90 Å². The third-order valence-corrected chi connectivity index (χ3v) is 9.32. The van der Waals surface area contributed by atoms with Gasteiger partial charge < -0.3 is 4.74 Å². The van der Waals surface area contributed by atoms with Crippen LogP contribution < -0.4 is 10.6 Å². The molecule has 174 valence electrons. The molecule has 4 heteroatoms. The van der Waals surface area contributed by atoms with Gasteiger partial charge in [-0.15, -0.1) is 0 Å². The van der Waals surface area contributed by atoms with Crippen molar-refractivity contribution in [3.63, 3.8) is 0 Å². The fourth-order valence-corrected chi connectivity index (χ4v) is 7.68. The Morgan fingerprint density at radius 3 is 1.94 bits per heavy atom. The SMILES string of the molecule is c1ccc(C[C@@H]2COC([C@@H]3Cc4ccccc4CN3P(c3ccccc3)c3ccccc3)=N2)cc1. The van der Waals surface area contributed by atoms with Gasteiger partial charge in [0.05, 0.1) is 12.1 Å². The van der Waals surface area contributed by atoms with Crippen LogP contribution in [0.3, 0.4) is 0 Å². The van der Waals surface area contributed by atoms with E-state index in [1.807, 2.05) is 0 Å². The second-order valence-electron chi connectivity index (χ2n) is 9.19. The zero-order valence-electron chi connectivity index (χ0n) is 19.7. The standard InChI is InChI=1S/C31H29N2OP/c1-4-12-24(13-5-1)20-27-23-34-31(32-27)30-21-25-14-10-11-15-26(25)22-33(30)35(28-16-6-2-7-17-28)29-18-8-3-9-19-29/h1-19,27,30H,20-23H2/t27-,30+/m1/s1. The fourth-order valence-electron chi connectivity index (χ4n) is 5.13. The number of rotatable bonds is 6. The Hall–Kier alpha value is -3.26. The first-order valence-corrected chi connectivity index (χ1v) is 13.6. The quantitative estimate of drug-likeness (QED) is 0.343. The third kappa shape index (κ3) is 4.80. The minimum atomic E-state index is -0.739. The maximum absolute atomic E-state index is 6.36. The molecule has 3 nitrogen and oxygen atoms in total. The maximum atomic E-state index is 6.36. The predicted octanol–water partition coefficient (Wildman–Crippen LogP) is 5.50. The van der Waals surface area contributed by atoms with E-state index < -0.39 is 8.07 Å². The van der Waals surface area contributed by atoms with Gasteiger partial charge in [-0.3, -0.25) is 4.67 Å². The van der Waals surface area contributed by atoms with Crippen LogP contribution in [0, 0.1) is 0 Å². The lowest BCUT2D eigenvalue weighted by Gasteiger charge is -2.41. The van der Waals surface area contributed by atoms with Gasteiger partial charge in [0.1, 0.15) is 6.61 Å². The predicted molar refractivity (Wildman–Crippen MR) is 146 cm³/mol. The molecule has 0 aromatic heterocycles. The van der Waals surface area contributed by atoms with Crippen molar-refractivity contribution in [1.82, 2.24) is 4.67 Å². The van der Waals surface area contributed by atoms with Gasteiger partial charge in [0.15, 0.2) is 0 Å². The van der Waals surface area contributed by atoms with Crippen LogP contribution in [-0.2, 0) is 24.1 Å². The van der Waals surface area contributed by atoms with Crippen molar-refractivity contribution in [3.8, 4) is 0 Å². The minimum absolute atomic E-state index is 0.122. The second kappa shape index (κ2) is 10.2. The number of fused-ring (bicyclic) bond motifs is 1. The molecule has 35 heavy (non-hydrogen) atoms. The van der Waals surface area contributed by atoms with E-state index in [-0.39, 0.29) is 12.1 Å². The van der Waals surface area contributed by atoms with Crippen LogP contribution in [0.4, 0.5) is 0 Å². The maximum Gasteiger partial charge on any atom is 0.202 e. The molecule has 0 unspecified atom stereocenters. The van der Waals surface area contributed by atoms with Crippen molar-refractivity contribution in [2.45, 2.75) is 31.5 Å². The molecule has 6 rings (SSSR count). The lowest BCUT2D eigenvalue weighted by atomic mass is 9.96. The average Bonchev–Trinajstić information content (AvgIpc) is 3.38. The normalized spacial score (nSPS) is 19.7. The van der Waals surface area contributed by atoms with E-state index in [9.17, 15) is 0 Å². The molecule has 2 heterocycles. The molecule has 0 fully saturated rings. The monoisotopic (exact) mass is 476 g/mol. The van der Waals surface area contributed by atoms with Gasteiger partial charge in [-0.1, -0.05) is 115 Å². The molecule has 0 N–H and O–H groups in total. The van der Waals surface area contributed by atoms with Gasteiger partial charge >= 0.3 is 0 Å². The highest BCUT2D eigenvalue weighted by molar-refractivity contribution is 7.70. The first kappa shape index (κ1) is 22.2.